The summed E-state index contributed by atoms with van der Waals surface area (Å²) >= 11 is 0. The molecule has 1 heterocycles. The van der Waals surface area contributed by atoms with Crippen LogP contribution in [0.3, 0.4) is 0 Å². The molecule has 0 radical (unpaired) electrons. The van der Waals surface area contributed by atoms with E-state index in [1.54, 1.807) is 0 Å². The highest BCUT2D eigenvalue weighted by Gasteiger charge is 2.12. The van der Waals surface area contributed by atoms with Gasteiger partial charge in [-0.05, 0) is 27.9 Å². The highest BCUT2D eigenvalue weighted by atomic mass is 16.3. The van der Waals surface area contributed by atoms with E-state index in [1.807, 2.05) is 37.4 Å². The summed E-state index contributed by atoms with van der Waals surface area (Å²) in [5.74, 6) is -0.129. The van der Waals surface area contributed by atoms with Crippen molar-refractivity contribution in [3.63, 3.8) is 0 Å². The van der Waals surface area contributed by atoms with E-state index in [1.165, 1.54) is 6.07 Å². The Kier molecular flexibility index (Phi) is 3.52. The van der Waals surface area contributed by atoms with Crippen molar-refractivity contribution in [3.8, 4) is 5.75 Å². The minimum atomic E-state index is -0.297. The predicted molar refractivity (Wildman–Crippen MR) is 60.2 cm³/mol. The third-order valence-corrected chi connectivity index (χ3v) is 2.38. The van der Waals surface area contributed by atoms with Crippen LogP contribution in [-0.2, 0) is 13.1 Å². The summed E-state index contributed by atoms with van der Waals surface area (Å²) in [6.07, 6.45) is 0. The summed E-state index contributed by atoms with van der Waals surface area (Å²) in [5.41, 5.74) is 1.28. The molecule has 0 unspecified atom stereocenters. The van der Waals surface area contributed by atoms with E-state index in [2.05, 4.69) is 0 Å². The molecule has 0 bridgehead atoms. The van der Waals surface area contributed by atoms with Crippen LogP contribution < -0.4 is 5.43 Å². The highest BCUT2D eigenvalue weighted by molar-refractivity contribution is 5.29. The zero-order valence-electron chi connectivity index (χ0n) is 9.74. The second kappa shape index (κ2) is 4.49. The van der Waals surface area contributed by atoms with Crippen molar-refractivity contribution in [2.75, 3.05) is 14.1 Å². The predicted octanol–water partition coefficient (Wildman–Crippen LogP) is 0.944. The zero-order chi connectivity index (χ0) is 11.6. The van der Waals surface area contributed by atoms with E-state index in [4.69, 9.17) is 0 Å². The van der Waals surface area contributed by atoms with Gasteiger partial charge in [0.25, 0.3) is 0 Å². The Labute approximate surface area is 89.8 Å². The number of aryl methyl sites for hydroxylation is 1. The van der Waals surface area contributed by atoms with Crippen molar-refractivity contribution in [1.82, 2.24) is 9.47 Å². The molecule has 4 heteroatoms. The molecule has 0 aliphatic heterocycles. The van der Waals surface area contributed by atoms with E-state index < -0.39 is 0 Å². The van der Waals surface area contributed by atoms with Crippen LogP contribution >= 0.6 is 0 Å². The van der Waals surface area contributed by atoms with Crippen molar-refractivity contribution in [3.05, 3.63) is 27.7 Å². The first-order valence-electron chi connectivity index (χ1n) is 5.04. The quantitative estimate of drug-likeness (QED) is 0.807. The minimum Gasteiger partial charge on any atom is -0.503 e. The minimum absolute atomic E-state index is 0.129. The number of hydrogen-bond acceptors (Lipinski definition) is 3. The number of hydrogen-bond donors (Lipinski definition) is 1. The van der Waals surface area contributed by atoms with Crippen molar-refractivity contribution < 1.29 is 5.11 Å². The third kappa shape index (κ3) is 2.39. The second-order valence-corrected chi connectivity index (χ2v) is 3.93. The van der Waals surface area contributed by atoms with Crippen LogP contribution in [0.1, 0.15) is 18.3 Å². The first-order chi connectivity index (χ1) is 6.97. The van der Waals surface area contributed by atoms with Crippen molar-refractivity contribution in [1.29, 1.82) is 0 Å². The van der Waals surface area contributed by atoms with Gasteiger partial charge in [-0.3, -0.25) is 4.79 Å². The Bertz CT molecular complexity index is 408. The average Bonchev–Trinajstić information content (AvgIpc) is 2.13. The molecule has 0 atom stereocenters. The molecule has 0 aromatic carbocycles. The standard InChI is InChI=1S/C11H18N2O2/c1-5-13-8(2)6-10(14)11(15)9(13)7-12(3)4/h6,15H,5,7H2,1-4H3. The van der Waals surface area contributed by atoms with Crippen LogP contribution in [0.5, 0.6) is 5.75 Å². The molecule has 0 saturated heterocycles. The Hall–Kier alpha value is -1.29. The van der Waals surface area contributed by atoms with Crippen LogP contribution in [0, 0.1) is 6.92 Å². The van der Waals surface area contributed by atoms with Crippen LogP contribution in [0.25, 0.3) is 0 Å². The molecule has 1 aromatic rings. The maximum atomic E-state index is 11.4. The largest absolute Gasteiger partial charge is 0.503 e. The number of rotatable bonds is 3. The molecule has 1 N–H and O–H groups in total. The van der Waals surface area contributed by atoms with Gasteiger partial charge < -0.3 is 14.6 Å². The molecule has 4 nitrogen and oxygen atoms in total. The van der Waals surface area contributed by atoms with Crippen LogP contribution in [0.2, 0.25) is 0 Å². The Morgan fingerprint density at radius 3 is 2.53 bits per heavy atom. The molecule has 84 valence electrons. The Morgan fingerprint density at radius 1 is 1.47 bits per heavy atom. The smallest absolute Gasteiger partial charge is 0.223 e. The van der Waals surface area contributed by atoms with Gasteiger partial charge in [0.05, 0.1) is 5.69 Å². The van der Waals surface area contributed by atoms with Crippen molar-refractivity contribution >= 4 is 0 Å². The van der Waals surface area contributed by atoms with Gasteiger partial charge in [0.15, 0.2) is 5.75 Å². The van der Waals surface area contributed by atoms with Crippen molar-refractivity contribution in [2.24, 2.45) is 0 Å². The van der Waals surface area contributed by atoms with E-state index in [0.717, 1.165) is 12.2 Å². The summed E-state index contributed by atoms with van der Waals surface area (Å²) in [5, 5.41) is 9.72. The summed E-state index contributed by atoms with van der Waals surface area (Å²) in [6.45, 7) is 5.19. The van der Waals surface area contributed by atoms with E-state index in [0.29, 0.717) is 12.2 Å². The maximum absolute atomic E-state index is 11.4. The molecule has 0 fully saturated rings. The van der Waals surface area contributed by atoms with Crippen LogP contribution in [0.4, 0.5) is 0 Å². The molecule has 15 heavy (non-hydrogen) atoms. The van der Waals surface area contributed by atoms with E-state index in [9.17, 15) is 9.90 Å². The lowest BCUT2D eigenvalue weighted by Gasteiger charge is -2.19. The topological polar surface area (TPSA) is 45.5 Å². The highest BCUT2D eigenvalue weighted by Crippen LogP contribution is 2.15. The lowest BCUT2D eigenvalue weighted by molar-refractivity contribution is 0.363. The lowest BCUT2D eigenvalue weighted by atomic mass is 10.2. The normalized spacial score (nSPS) is 11.0. The number of pyridine rings is 1. The Balaban J connectivity index is 3.37. The average molecular weight is 210 g/mol. The molecule has 1 aromatic heterocycles. The number of nitrogens with zero attached hydrogens (tertiary/aromatic N) is 2. The first-order valence-corrected chi connectivity index (χ1v) is 5.04. The molecule has 0 saturated carbocycles. The van der Waals surface area contributed by atoms with Crippen LogP contribution in [0.15, 0.2) is 10.9 Å². The van der Waals surface area contributed by atoms with E-state index in [-0.39, 0.29) is 11.2 Å². The van der Waals surface area contributed by atoms with Crippen LogP contribution in [-0.4, -0.2) is 28.7 Å². The fraction of sp³-hybridized carbons (Fsp3) is 0.545. The molecule has 0 amide bonds. The SMILES string of the molecule is CCn1c(C)cc(=O)c(O)c1CN(C)C. The summed E-state index contributed by atoms with van der Waals surface area (Å²) in [4.78, 5) is 13.4. The van der Waals surface area contributed by atoms with Gasteiger partial charge in [-0.15, -0.1) is 0 Å². The number of aromatic hydroxyl groups is 1. The van der Waals surface area contributed by atoms with Gasteiger partial charge in [-0.25, -0.2) is 0 Å². The zero-order valence-corrected chi connectivity index (χ0v) is 9.74. The lowest BCUT2D eigenvalue weighted by Crippen LogP contribution is -2.21. The number of aromatic nitrogens is 1. The van der Waals surface area contributed by atoms with Gasteiger partial charge in [0.2, 0.25) is 5.43 Å². The summed E-state index contributed by atoms with van der Waals surface area (Å²) < 4.78 is 1.96. The monoisotopic (exact) mass is 210 g/mol. The van der Waals surface area contributed by atoms with Crippen molar-refractivity contribution in [2.45, 2.75) is 26.9 Å². The fourth-order valence-electron chi connectivity index (χ4n) is 1.72. The van der Waals surface area contributed by atoms with Gasteiger partial charge in [-0.2, -0.15) is 0 Å². The second-order valence-electron chi connectivity index (χ2n) is 3.93. The molecule has 0 aliphatic carbocycles. The van der Waals surface area contributed by atoms with Gasteiger partial charge in [-0.1, -0.05) is 0 Å². The molecular weight excluding hydrogens is 192 g/mol. The summed E-state index contributed by atoms with van der Waals surface area (Å²) in [7, 11) is 3.82. The Morgan fingerprint density at radius 2 is 2.07 bits per heavy atom. The third-order valence-electron chi connectivity index (χ3n) is 2.38. The van der Waals surface area contributed by atoms with Gasteiger partial charge >= 0.3 is 0 Å². The first kappa shape index (κ1) is 11.8. The summed E-state index contributed by atoms with van der Waals surface area (Å²) in [6, 6.07) is 1.47. The van der Waals surface area contributed by atoms with E-state index >= 15 is 0 Å². The molecular formula is C11H18N2O2. The molecule has 1 rings (SSSR count). The fourth-order valence-corrected chi connectivity index (χ4v) is 1.72. The van der Waals surface area contributed by atoms with Gasteiger partial charge in [0.1, 0.15) is 0 Å². The maximum Gasteiger partial charge on any atom is 0.223 e. The van der Waals surface area contributed by atoms with Gasteiger partial charge in [0, 0.05) is 24.8 Å². The molecule has 0 aliphatic rings. The molecule has 0 spiro atoms.